The Hall–Kier alpha value is -1.86. The van der Waals surface area contributed by atoms with Crippen molar-refractivity contribution in [3.8, 4) is 11.1 Å². The number of aromatic nitrogens is 3. The lowest BCUT2D eigenvalue weighted by molar-refractivity contribution is -0.750. The van der Waals surface area contributed by atoms with Gasteiger partial charge >= 0.3 is 0 Å². The molecule has 0 unspecified atom stereocenters. The van der Waals surface area contributed by atoms with Crippen LogP contribution in [0.5, 0.6) is 0 Å². The first-order valence-electron chi connectivity index (χ1n) is 5.24. The Morgan fingerprint density at radius 1 is 1.22 bits per heavy atom. The first-order chi connectivity index (χ1) is 8.54. The molecule has 0 amide bonds. The summed E-state index contributed by atoms with van der Waals surface area (Å²) < 4.78 is 32.9. The molecule has 0 aromatic carbocycles. The van der Waals surface area contributed by atoms with Gasteiger partial charge in [0.2, 0.25) is 0 Å². The Morgan fingerprint density at radius 2 is 2.00 bits per heavy atom. The predicted molar refractivity (Wildman–Crippen MR) is 62.2 cm³/mol. The van der Waals surface area contributed by atoms with Gasteiger partial charge < -0.3 is 4.55 Å². The van der Waals surface area contributed by atoms with E-state index < -0.39 is 15.9 Å². The maximum absolute atomic E-state index is 10.5. The molecule has 94 valence electrons. The summed E-state index contributed by atoms with van der Waals surface area (Å²) >= 11 is 0. The lowest BCUT2D eigenvalue weighted by Crippen LogP contribution is -2.40. The topological polar surface area (TPSA) is 86.9 Å². The molecule has 7 heteroatoms. The molecule has 0 saturated heterocycles. The maximum Gasteiger partial charge on any atom is 0.196 e. The third kappa shape index (κ3) is 3.57. The summed E-state index contributed by atoms with van der Waals surface area (Å²) in [6.07, 6.45) is 6.63. The van der Waals surface area contributed by atoms with E-state index in [4.69, 9.17) is 0 Å². The summed E-state index contributed by atoms with van der Waals surface area (Å²) in [7, 11) is -4.21. The van der Waals surface area contributed by atoms with Crippen LogP contribution in [0, 0.1) is 0 Å². The van der Waals surface area contributed by atoms with Crippen LogP contribution in [0.1, 0.15) is 0 Å². The first kappa shape index (κ1) is 12.6. The Kier molecular flexibility index (Phi) is 3.63. The Bertz CT molecular complexity index is 612. The number of pyridine rings is 1. The summed E-state index contributed by atoms with van der Waals surface area (Å²) in [5.74, 6) is -0.461. The van der Waals surface area contributed by atoms with E-state index in [9.17, 15) is 13.0 Å². The second kappa shape index (κ2) is 5.19. The number of nitrogens with zero attached hydrogens (tertiary/aromatic N) is 3. The van der Waals surface area contributed by atoms with Gasteiger partial charge in [-0.05, 0) is 11.2 Å². The summed E-state index contributed by atoms with van der Waals surface area (Å²) in [6, 6.07) is 5.51. The summed E-state index contributed by atoms with van der Waals surface area (Å²) in [4.78, 5) is 4.00. The van der Waals surface area contributed by atoms with Gasteiger partial charge in [-0.25, -0.2) is 8.42 Å². The average Bonchev–Trinajstić information content (AvgIpc) is 2.37. The van der Waals surface area contributed by atoms with E-state index in [1.165, 1.54) is 4.68 Å². The zero-order chi connectivity index (χ0) is 13.0. The fourth-order valence-corrected chi connectivity index (χ4v) is 1.84. The minimum absolute atomic E-state index is 0.0547. The van der Waals surface area contributed by atoms with Crippen LogP contribution < -0.4 is 4.68 Å². The monoisotopic (exact) mass is 265 g/mol. The van der Waals surface area contributed by atoms with Crippen molar-refractivity contribution < 1.29 is 17.7 Å². The van der Waals surface area contributed by atoms with Gasteiger partial charge in [-0.2, -0.15) is 0 Å². The zero-order valence-corrected chi connectivity index (χ0v) is 10.2. The first-order valence-corrected chi connectivity index (χ1v) is 6.82. The molecule has 0 radical (unpaired) electrons. The van der Waals surface area contributed by atoms with Crippen LogP contribution >= 0.6 is 0 Å². The van der Waals surface area contributed by atoms with Gasteiger partial charge in [-0.15, -0.1) is 0 Å². The molecular formula is C11H11N3O3S. The molecule has 0 atom stereocenters. The highest BCUT2D eigenvalue weighted by Crippen LogP contribution is 2.14. The minimum Gasteiger partial charge on any atom is -0.748 e. The van der Waals surface area contributed by atoms with E-state index in [0.717, 1.165) is 11.1 Å². The molecule has 2 rings (SSSR count). The molecule has 0 aliphatic heterocycles. The highest BCUT2D eigenvalue weighted by molar-refractivity contribution is 7.85. The van der Waals surface area contributed by atoms with Gasteiger partial charge in [0.15, 0.2) is 12.7 Å². The quantitative estimate of drug-likeness (QED) is 0.572. The van der Waals surface area contributed by atoms with Crippen molar-refractivity contribution in [3.05, 3.63) is 43.0 Å². The molecule has 0 N–H and O–H groups in total. The summed E-state index contributed by atoms with van der Waals surface area (Å²) in [5.41, 5.74) is 1.80. The molecule has 0 spiro atoms. The number of hydrogen-bond acceptors (Lipinski definition) is 5. The van der Waals surface area contributed by atoms with Crippen LogP contribution in [-0.2, 0) is 16.7 Å². The zero-order valence-electron chi connectivity index (χ0n) is 9.43. The maximum atomic E-state index is 10.5. The summed E-state index contributed by atoms with van der Waals surface area (Å²) in [5, 5.41) is 4.04. The second-order valence-corrected chi connectivity index (χ2v) is 5.21. The van der Waals surface area contributed by atoms with Crippen LogP contribution in [0.3, 0.4) is 0 Å². The fraction of sp³-hybridized carbons (Fsp3) is 0.182. The van der Waals surface area contributed by atoms with Crippen LogP contribution in [0.2, 0.25) is 0 Å². The van der Waals surface area contributed by atoms with Crippen molar-refractivity contribution >= 4 is 10.1 Å². The molecule has 0 saturated carbocycles. The third-order valence-electron chi connectivity index (χ3n) is 2.34. The lowest BCUT2D eigenvalue weighted by Gasteiger charge is -2.02. The number of rotatable bonds is 4. The van der Waals surface area contributed by atoms with Gasteiger partial charge in [0.25, 0.3) is 0 Å². The fourth-order valence-electron chi connectivity index (χ4n) is 1.43. The molecule has 2 aromatic heterocycles. The minimum atomic E-state index is -4.21. The smallest absolute Gasteiger partial charge is 0.196 e. The predicted octanol–water partition coefficient (Wildman–Crippen LogP) is -0.0237. The van der Waals surface area contributed by atoms with Crippen molar-refractivity contribution in [2.75, 3.05) is 5.75 Å². The van der Waals surface area contributed by atoms with Crippen molar-refractivity contribution in [2.45, 2.75) is 6.54 Å². The average molecular weight is 265 g/mol. The van der Waals surface area contributed by atoms with E-state index in [2.05, 4.69) is 10.1 Å². The van der Waals surface area contributed by atoms with Gasteiger partial charge in [-0.1, -0.05) is 10.7 Å². The highest BCUT2D eigenvalue weighted by atomic mass is 32.2. The Labute approximate surface area is 105 Å². The van der Waals surface area contributed by atoms with Crippen LogP contribution in [0.15, 0.2) is 43.0 Å². The van der Waals surface area contributed by atoms with Gasteiger partial charge in [0.1, 0.15) is 16.3 Å². The molecule has 2 aromatic rings. The number of hydrogen-bond donors (Lipinski definition) is 0. The van der Waals surface area contributed by atoms with E-state index in [-0.39, 0.29) is 6.54 Å². The van der Waals surface area contributed by atoms with Crippen molar-refractivity contribution in [1.29, 1.82) is 0 Å². The van der Waals surface area contributed by atoms with Gasteiger partial charge in [0.05, 0.1) is 5.75 Å². The largest absolute Gasteiger partial charge is 0.748 e. The number of aryl methyl sites for hydroxylation is 1. The Balaban J connectivity index is 2.11. The molecular weight excluding hydrogens is 254 g/mol. The van der Waals surface area contributed by atoms with Crippen LogP contribution in [0.25, 0.3) is 11.1 Å². The second-order valence-electron chi connectivity index (χ2n) is 3.68. The van der Waals surface area contributed by atoms with Crippen LogP contribution in [0.4, 0.5) is 0 Å². The highest BCUT2D eigenvalue weighted by Gasteiger charge is 2.06. The molecule has 0 bridgehead atoms. The van der Waals surface area contributed by atoms with Crippen molar-refractivity contribution in [1.82, 2.24) is 10.1 Å². The van der Waals surface area contributed by atoms with E-state index in [0.29, 0.717) is 0 Å². The van der Waals surface area contributed by atoms with Crippen LogP contribution in [-0.4, -0.2) is 28.8 Å². The van der Waals surface area contributed by atoms with Gasteiger partial charge in [-0.3, -0.25) is 4.98 Å². The molecule has 2 heterocycles. The third-order valence-corrected chi connectivity index (χ3v) is 3.02. The van der Waals surface area contributed by atoms with E-state index in [1.54, 1.807) is 30.9 Å². The van der Waals surface area contributed by atoms with E-state index >= 15 is 0 Å². The summed E-state index contributed by atoms with van der Waals surface area (Å²) in [6.45, 7) is 0.0547. The van der Waals surface area contributed by atoms with Crippen molar-refractivity contribution in [2.24, 2.45) is 0 Å². The lowest BCUT2D eigenvalue weighted by atomic mass is 10.1. The van der Waals surface area contributed by atoms with Crippen molar-refractivity contribution in [3.63, 3.8) is 0 Å². The molecule has 18 heavy (non-hydrogen) atoms. The van der Waals surface area contributed by atoms with Gasteiger partial charge in [0, 0.05) is 29.6 Å². The Morgan fingerprint density at radius 3 is 2.56 bits per heavy atom. The molecule has 0 fully saturated rings. The normalized spacial score (nSPS) is 11.4. The SMILES string of the molecule is O=S(=O)([O-])CC[n+]1ccc(-c2cccnc2)cn1. The standard InChI is InChI=1S/C11H11N3O3S/c15-18(16,17)7-6-14-5-3-11(9-13-14)10-2-1-4-12-8-10/h1-5,8-9H,6-7H2. The molecule has 0 aliphatic carbocycles. The molecule has 6 nitrogen and oxygen atoms in total. The molecule has 0 aliphatic rings. The van der Waals surface area contributed by atoms with E-state index in [1.807, 2.05) is 12.1 Å².